The Bertz CT molecular complexity index is 3520. The molecule has 0 unspecified atom stereocenters. The van der Waals surface area contributed by atoms with Crippen molar-refractivity contribution in [1.82, 2.24) is 19.1 Å². The molecule has 0 saturated carbocycles. The lowest BCUT2D eigenvalue weighted by molar-refractivity contribution is 0.334. The van der Waals surface area contributed by atoms with Crippen LogP contribution in [0.2, 0.25) is 0 Å². The van der Waals surface area contributed by atoms with E-state index in [4.69, 9.17) is 9.97 Å². The second-order valence-electron chi connectivity index (χ2n) is 18.1. The van der Waals surface area contributed by atoms with Crippen molar-refractivity contribution < 1.29 is 0 Å². The Morgan fingerprint density at radius 2 is 1.08 bits per heavy atom. The first-order chi connectivity index (χ1) is 29.2. The van der Waals surface area contributed by atoms with E-state index in [-0.39, 0.29) is 10.8 Å². The number of hydrogen-bond acceptors (Lipinski definition) is 2. The number of benzene rings is 8. The predicted octanol–water partition coefficient (Wildman–Crippen LogP) is 14.7. The molecule has 1 aliphatic carbocycles. The number of aromatic nitrogens is 4. The van der Waals surface area contributed by atoms with E-state index in [1.807, 2.05) is 6.07 Å². The molecule has 0 radical (unpaired) electrons. The fourth-order valence-corrected chi connectivity index (χ4v) is 10.4. The lowest BCUT2D eigenvalue weighted by Gasteiger charge is -2.42. The van der Waals surface area contributed by atoms with Gasteiger partial charge in [-0.05, 0) is 99.2 Å². The average Bonchev–Trinajstić information content (AvgIpc) is 3.79. The normalized spacial score (nSPS) is 14.8. The Labute approximate surface area is 349 Å². The van der Waals surface area contributed by atoms with E-state index in [1.54, 1.807) is 0 Å². The van der Waals surface area contributed by atoms with Gasteiger partial charge in [0.25, 0.3) is 0 Å². The smallest absolute Gasteiger partial charge is 0.165 e. The molecule has 0 bridgehead atoms. The topological polar surface area (TPSA) is 35.6 Å². The SMILES string of the molecule is CC1(C)CCC(C)(C)c2c1ccc1c3cc4c5c6ccccc6ccc5n(-c5nc6ccccc6nc5-c5ccc(-c6ccccc6)cc5)c4cc3n(-c3ccccc3)c21. The third-order valence-corrected chi connectivity index (χ3v) is 13.5. The van der Waals surface area contributed by atoms with Gasteiger partial charge in [-0.25, -0.2) is 9.97 Å². The summed E-state index contributed by atoms with van der Waals surface area (Å²) in [6.07, 6.45) is 2.31. The molecule has 0 atom stereocenters. The Kier molecular flexibility index (Phi) is 7.41. The van der Waals surface area contributed by atoms with E-state index in [1.165, 1.54) is 77.7 Å². The van der Waals surface area contributed by atoms with Gasteiger partial charge in [0, 0.05) is 32.8 Å². The molecular formula is C56H44N4. The summed E-state index contributed by atoms with van der Waals surface area (Å²) in [5, 5.41) is 7.44. The fraction of sp³-hybridized carbons (Fsp3) is 0.143. The van der Waals surface area contributed by atoms with Crippen molar-refractivity contribution >= 4 is 65.4 Å². The van der Waals surface area contributed by atoms with Crippen LogP contribution >= 0.6 is 0 Å². The number of rotatable bonds is 4. The molecule has 1 aliphatic rings. The molecule has 4 heteroatoms. The molecular weight excluding hydrogens is 729 g/mol. The lowest BCUT2D eigenvalue weighted by Crippen LogP contribution is -2.34. The zero-order valence-electron chi connectivity index (χ0n) is 34.4. The van der Waals surface area contributed by atoms with Crippen LogP contribution < -0.4 is 0 Å². The van der Waals surface area contributed by atoms with Crippen molar-refractivity contribution in [3.05, 3.63) is 181 Å². The van der Waals surface area contributed by atoms with Crippen LogP contribution in [0.15, 0.2) is 170 Å². The van der Waals surface area contributed by atoms with Gasteiger partial charge in [0.1, 0.15) is 5.69 Å². The number of hydrogen-bond donors (Lipinski definition) is 0. The summed E-state index contributed by atoms with van der Waals surface area (Å²) in [5.41, 5.74) is 14.9. The van der Waals surface area contributed by atoms with Gasteiger partial charge in [0.15, 0.2) is 5.82 Å². The molecule has 0 N–H and O–H groups in total. The summed E-state index contributed by atoms with van der Waals surface area (Å²) in [6, 6.07) is 61.7. The second-order valence-corrected chi connectivity index (χ2v) is 18.1. The van der Waals surface area contributed by atoms with Gasteiger partial charge in [0.2, 0.25) is 0 Å². The summed E-state index contributed by atoms with van der Waals surface area (Å²) in [4.78, 5) is 11.0. The molecule has 0 spiro atoms. The molecule has 60 heavy (non-hydrogen) atoms. The predicted molar refractivity (Wildman–Crippen MR) is 252 cm³/mol. The molecule has 11 aromatic rings. The first-order valence-electron chi connectivity index (χ1n) is 21.2. The monoisotopic (exact) mass is 772 g/mol. The maximum atomic E-state index is 5.54. The molecule has 0 saturated heterocycles. The van der Waals surface area contributed by atoms with E-state index in [9.17, 15) is 0 Å². The highest BCUT2D eigenvalue weighted by Crippen LogP contribution is 2.51. The highest BCUT2D eigenvalue weighted by molar-refractivity contribution is 6.25. The van der Waals surface area contributed by atoms with E-state index in [0.29, 0.717) is 0 Å². The average molecular weight is 773 g/mol. The van der Waals surface area contributed by atoms with Crippen LogP contribution in [-0.2, 0) is 10.8 Å². The highest BCUT2D eigenvalue weighted by Gasteiger charge is 2.40. The van der Waals surface area contributed by atoms with Gasteiger partial charge in [-0.1, -0.05) is 155 Å². The van der Waals surface area contributed by atoms with Gasteiger partial charge < -0.3 is 4.57 Å². The molecule has 3 aromatic heterocycles. The van der Waals surface area contributed by atoms with Crippen LogP contribution in [0.1, 0.15) is 51.7 Å². The minimum Gasteiger partial charge on any atom is -0.309 e. The summed E-state index contributed by atoms with van der Waals surface area (Å²) >= 11 is 0. The van der Waals surface area contributed by atoms with Gasteiger partial charge in [-0.3, -0.25) is 4.57 Å². The van der Waals surface area contributed by atoms with E-state index in [0.717, 1.165) is 45.6 Å². The fourth-order valence-electron chi connectivity index (χ4n) is 10.4. The summed E-state index contributed by atoms with van der Waals surface area (Å²) in [7, 11) is 0. The van der Waals surface area contributed by atoms with Gasteiger partial charge in [0.05, 0.1) is 33.1 Å². The molecule has 288 valence electrons. The van der Waals surface area contributed by atoms with Crippen molar-refractivity contribution in [3.63, 3.8) is 0 Å². The summed E-state index contributed by atoms with van der Waals surface area (Å²) in [6.45, 7) is 9.75. The highest BCUT2D eigenvalue weighted by atomic mass is 15.1. The van der Waals surface area contributed by atoms with Crippen molar-refractivity contribution in [2.24, 2.45) is 0 Å². The third-order valence-electron chi connectivity index (χ3n) is 13.5. The van der Waals surface area contributed by atoms with Crippen molar-refractivity contribution in [3.8, 4) is 33.9 Å². The largest absolute Gasteiger partial charge is 0.309 e. The van der Waals surface area contributed by atoms with Crippen molar-refractivity contribution in [2.75, 3.05) is 0 Å². The van der Waals surface area contributed by atoms with E-state index >= 15 is 0 Å². The number of fused-ring (bicyclic) bond motifs is 11. The Balaban J connectivity index is 1.24. The van der Waals surface area contributed by atoms with Gasteiger partial charge >= 0.3 is 0 Å². The second kappa shape index (κ2) is 12.7. The Morgan fingerprint density at radius 1 is 0.450 bits per heavy atom. The molecule has 0 aliphatic heterocycles. The van der Waals surface area contributed by atoms with Gasteiger partial charge in [-0.15, -0.1) is 0 Å². The van der Waals surface area contributed by atoms with Crippen LogP contribution in [0.4, 0.5) is 0 Å². The van der Waals surface area contributed by atoms with Crippen LogP contribution in [0, 0.1) is 0 Å². The molecule has 3 heterocycles. The quantitative estimate of drug-likeness (QED) is 0.179. The number of nitrogens with zero attached hydrogens (tertiary/aromatic N) is 4. The minimum atomic E-state index is 0.00841. The van der Waals surface area contributed by atoms with E-state index in [2.05, 4.69) is 201 Å². The Morgan fingerprint density at radius 3 is 1.87 bits per heavy atom. The maximum absolute atomic E-state index is 5.54. The minimum absolute atomic E-state index is 0.00841. The first kappa shape index (κ1) is 35.0. The Hall–Kier alpha value is -7.04. The van der Waals surface area contributed by atoms with Crippen LogP contribution in [0.25, 0.3) is 99.3 Å². The standard InChI is InChI=1S/C56H44N4/c1-55(2)31-32-56(3,4)51-44(55)29-28-41-42-33-43-49(34-48(42)59(53(41)51)39-18-9-6-10-19-39)60(47-30-27-37-17-11-12-20-40(37)50(43)47)54-52(57-45-21-13-14-22-46(45)58-54)38-25-23-36(24-26-38)35-15-7-5-8-16-35/h5-30,33-34H,31-32H2,1-4H3. The zero-order valence-corrected chi connectivity index (χ0v) is 34.4. The molecule has 0 amide bonds. The molecule has 4 nitrogen and oxygen atoms in total. The van der Waals surface area contributed by atoms with Gasteiger partial charge in [-0.2, -0.15) is 0 Å². The van der Waals surface area contributed by atoms with Crippen LogP contribution in [0.3, 0.4) is 0 Å². The van der Waals surface area contributed by atoms with E-state index < -0.39 is 0 Å². The van der Waals surface area contributed by atoms with Crippen LogP contribution in [-0.4, -0.2) is 19.1 Å². The summed E-state index contributed by atoms with van der Waals surface area (Å²) < 4.78 is 4.95. The molecule has 8 aromatic carbocycles. The molecule has 12 rings (SSSR count). The first-order valence-corrected chi connectivity index (χ1v) is 21.2. The maximum Gasteiger partial charge on any atom is 0.165 e. The molecule has 0 fully saturated rings. The third kappa shape index (κ3) is 5.10. The lowest BCUT2D eigenvalue weighted by atomic mass is 9.62. The summed E-state index contributed by atoms with van der Waals surface area (Å²) in [5.74, 6) is 0.818. The van der Waals surface area contributed by atoms with Crippen molar-refractivity contribution in [2.45, 2.75) is 51.4 Å². The zero-order chi connectivity index (χ0) is 40.3. The van der Waals surface area contributed by atoms with Crippen molar-refractivity contribution in [1.29, 1.82) is 0 Å². The van der Waals surface area contributed by atoms with Crippen LogP contribution in [0.5, 0.6) is 0 Å². The number of para-hydroxylation sites is 3.